The Morgan fingerprint density at radius 3 is 2.33 bits per heavy atom. The molecule has 27 heavy (non-hydrogen) atoms. The van der Waals surface area contributed by atoms with E-state index in [1.54, 1.807) is 7.05 Å². The third kappa shape index (κ3) is 3.76. The molecular formula is C17H17F2N3O4S. The van der Waals surface area contributed by atoms with Gasteiger partial charge < -0.3 is 9.47 Å². The molecule has 2 aromatic rings. The van der Waals surface area contributed by atoms with Crippen LogP contribution in [-0.2, 0) is 17.1 Å². The Bertz CT molecular complexity index is 1040. The molecule has 0 unspecified atom stereocenters. The van der Waals surface area contributed by atoms with Gasteiger partial charge in [-0.1, -0.05) is 0 Å². The van der Waals surface area contributed by atoms with Crippen molar-refractivity contribution in [2.24, 2.45) is 7.05 Å². The minimum atomic E-state index is -4.21. The molecule has 1 saturated heterocycles. The van der Waals surface area contributed by atoms with Gasteiger partial charge in [0.25, 0.3) is 11.5 Å². The van der Waals surface area contributed by atoms with Crippen molar-refractivity contribution in [3.63, 3.8) is 0 Å². The first-order valence-corrected chi connectivity index (χ1v) is 9.55. The summed E-state index contributed by atoms with van der Waals surface area (Å²) < 4.78 is 54.6. The highest BCUT2D eigenvalue weighted by molar-refractivity contribution is 7.89. The van der Waals surface area contributed by atoms with E-state index < -0.39 is 26.6 Å². The number of carbonyl (C=O) groups is 1. The van der Waals surface area contributed by atoms with Crippen LogP contribution in [0.4, 0.5) is 8.78 Å². The summed E-state index contributed by atoms with van der Waals surface area (Å²) in [5.41, 5.74) is -0.116. The highest BCUT2D eigenvalue weighted by atomic mass is 32.2. The van der Waals surface area contributed by atoms with E-state index in [9.17, 15) is 26.8 Å². The molecule has 0 aliphatic carbocycles. The lowest BCUT2D eigenvalue weighted by molar-refractivity contribution is 0.0697. The van der Waals surface area contributed by atoms with Crippen LogP contribution in [0.25, 0.3) is 0 Å². The van der Waals surface area contributed by atoms with E-state index in [2.05, 4.69) is 0 Å². The van der Waals surface area contributed by atoms with E-state index in [0.717, 1.165) is 16.4 Å². The maximum Gasteiger partial charge on any atom is 0.254 e. The van der Waals surface area contributed by atoms with Crippen LogP contribution in [-0.4, -0.2) is 54.3 Å². The summed E-state index contributed by atoms with van der Waals surface area (Å²) in [5, 5.41) is 0. The zero-order chi connectivity index (χ0) is 19.8. The van der Waals surface area contributed by atoms with Gasteiger partial charge in [0.2, 0.25) is 10.0 Å². The quantitative estimate of drug-likeness (QED) is 0.768. The second kappa shape index (κ2) is 7.20. The van der Waals surface area contributed by atoms with Gasteiger partial charge >= 0.3 is 0 Å². The number of aryl methyl sites for hydroxylation is 1. The van der Waals surface area contributed by atoms with E-state index in [1.807, 2.05) is 0 Å². The molecule has 1 aromatic heterocycles. The van der Waals surface area contributed by atoms with Crippen molar-refractivity contribution in [2.75, 3.05) is 26.2 Å². The molecule has 0 bridgehead atoms. The maximum atomic E-state index is 13.8. The van der Waals surface area contributed by atoms with Gasteiger partial charge in [-0.3, -0.25) is 9.59 Å². The molecule has 0 atom stereocenters. The van der Waals surface area contributed by atoms with Crippen LogP contribution in [0, 0.1) is 11.6 Å². The fourth-order valence-electron chi connectivity index (χ4n) is 2.81. The standard InChI is InChI=1S/C17H17F2N3O4S/c1-20-5-4-12(10-16(20)23)17(24)21-6-8-22(9-7-21)27(25,26)15-11-13(18)2-3-14(15)19/h2-5,10-11H,6-9H2,1H3. The van der Waals surface area contributed by atoms with E-state index in [0.29, 0.717) is 6.07 Å². The third-order valence-electron chi connectivity index (χ3n) is 4.39. The SMILES string of the molecule is Cn1ccc(C(=O)N2CCN(S(=O)(=O)c3cc(F)ccc3F)CC2)cc1=O. The number of benzene rings is 1. The predicted molar refractivity (Wildman–Crippen MR) is 92.7 cm³/mol. The first-order valence-electron chi connectivity index (χ1n) is 8.11. The molecule has 0 spiro atoms. The molecule has 3 rings (SSSR count). The van der Waals surface area contributed by atoms with Crippen LogP contribution < -0.4 is 5.56 Å². The number of nitrogens with zero attached hydrogens (tertiary/aromatic N) is 3. The number of amides is 1. The largest absolute Gasteiger partial charge is 0.336 e. The summed E-state index contributed by atoms with van der Waals surface area (Å²) >= 11 is 0. The van der Waals surface area contributed by atoms with Crippen LogP contribution in [0.15, 0.2) is 46.2 Å². The Balaban J connectivity index is 1.74. The third-order valence-corrected chi connectivity index (χ3v) is 6.30. The molecule has 1 fully saturated rings. The Labute approximate surface area is 154 Å². The summed E-state index contributed by atoms with van der Waals surface area (Å²) in [4.78, 5) is 24.8. The number of aromatic nitrogens is 1. The van der Waals surface area contributed by atoms with Gasteiger partial charge in [0, 0.05) is 51.1 Å². The summed E-state index contributed by atoms with van der Waals surface area (Å²) in [6, 6.07) is 4.97. The number of hydrogen-bond donors (Lipinski definition) is 0. The minimum absolute atomic E-state index is 0.0606. The number of hydrogen-bond acceptors (Lipinski definition) is 4. The summed E-state index contributed by atoms with van der Waals surface area (Å²) in [6.45, 7) is 0.0259. The van der Waals surface area contributed by atoms with Crippen LogP contribution in [0.3, 0.4) is 0 Å². The monoisotopic (exact) mass is 397 g/mol. The first kappa shape index (κ1) is 19.2. The van der Waals surface area contributed by atoms with Crippen LogP contribution in [0.2, 0.25) is 0 Å². The lowest BCUT2D eigenvalue weighted by Gasteiger charge is -2.34. The molecule has 0 radical (unpaired) electrons. The molecule has 1 amide bonds. The topological polar surface area (TPSA) is 79.7 Å². The number of sulfonamides is 1. The molecule has 144 valence electrons. The van der Waals surface area contributed by atoms with Gasteiger partial charge in [0.05, 0.1) is 0 Å². The first-order chi connectivity index (χ1) is 12.7. The average Bonchev–Trinajstić information content (AvgIpc) is 2.65. The molecular weight excluding hydrogens is 380 g/mol. The number of rotatable bonds is 3. The Morgan fingerprint density at radius 2 is 1.70 bits per heavy atom. The summed E-state index contributed by atoms with van der Waals surface area (Å²) in [5.74, 6) is -2.27. The molecule has 1 aliphatic rings. The molecule has 0 N–H and O–H groups in total. The normalized spacial score (nSPS) is 15.7. The number of pyridine rings is 1. The summed E-state index contributed by atoms with van der Waals surface area (Å²) in [6.07, 6.45) is 1.48. The van der Waals surface area contributed by atoms with Crippen molar-refractivity contribution < 1.29 is 22.0 Å². The fraction of sp³-hybridized carbons (Fsp3) is 0.294. The van der Waals surface area contributed by atoms with E-state index >= 15 is 0 Å². The Kier molecular flexibility index (Phi) is 5.11. The van der Waals surface area contributed by atoms with Gasteiger partial charge in [-0.05, 0) is 24.3 Å². The molecule has 2 heterocycles. The maximum absolute atomic E-state index is 13.8. The van der Waals surface area contributed by atoms with Crippen molar-refractivity contribution in [3.05, 3.63) is 64.1 Å². The second-order valence-electron chi connectivity index (χ2n) is 6.14. The lowest BCUT2D eigenvalue weighted by Crippen LogP contribution is -2.50. The van der Waals surface area contributed by atoms with Gasteiger partial charge in [-0.25, -0.2) is 17.2 Å². The fourth-order valence-corrected chi connectivity index (χ4v) is 4.31. The van der Waals surface area contributed by atoms with Crippen molar-refractivity contribution >= 4 is 15.9 Å². The molecule has 7 nitrogen and oxygen atoms in total. The number of halogens is 2. The van der Waals surface area contributed by atoms with Crippen molar-refractivity contribution in [1.82, 2.24) is 13.8 Å². The molecule has 1 aliphatic heterocycles. The zero-order valence-corrected chi connectivity index (χ0v) is 15.2. The van der Waals surface area contributed by atoms with Crippen LogP contribution in [0.5, 0.6) is 0 Å². The molecule has 0 saturated carbocycles. The highest BCUT2D eigenvalue weighted by Crippen LogP contribution is 2.22. The Hall–Kier alpha value is -2.59. The average molecular weight is 397 g/mol. The van der Waals surface area contributed by atoms with Gasteiger partial charge in [-0.2, -0.15) is 4.31 Å². The van der Waals surface area contributed by atoms with Gasteiger partial charge in [0.1, 0.15) is 16.5 Å². The van der Waals surface area contributed by atoms with Crippen molar-refractivity contribution in [3.8, 4) is 0 Å². The smallest absolute Gasteiger partial charge is 0.254 e. The van der Waals surface area contributed by atoms with Crippen LogP contribution in [0.1, 0.15) is 10.4 Å². The van der Waals surface area contributed by atoms with Crippen LogP contribution >= 0.6 is 0 Å². The molecule has 1 aromatic carbocycles. The lowest BCUT2D eigenvalue weighted by atomic mass is 10.2. The van der Waals surface area contributed by atoms with E-state index in [-0.39, 0.29) is 43.2 Å². The highest BCUT2D eigenvalue weighted by Gasteiger charge is 2.32. The van der Waals surface area contributed by atoms with E-state index in [1.165, 1.54) is 27.8 Å². The predicted octanol–water partition coefficient (Wildman–Crippen LogP) is 0.810. The zero-order valence-electron chi connectivity index (χ0n) is 14.4. The van der Waals surface area contributed by atoms with E-state index in [4.69, 9.17) is 0 Å². The van der Waals surface area contributed by atoms with Crippen molar-refractivity contribution in [1.29, 1.82) is 0 Å². The molecule has 10 heteroatoms. The minimum Gasteiger partial charge on any atom is -0.336 e. The number of carbonyl (C=O) groups excluding carboxylic acids is 1. The number of piperazine rings is 1. The van der Waals surface area contributed by atoms with Crippen molar-refractivity contribution in [2.45, 2.75) is 4.90 Å². The second-order valence-corrected chi connectivity index (χ2v) is 8.04. The summed E-state index contributed by atoms with van der Waals surface area (Å²) in [7, 11) is -2.65. The van der Waals surface area contributed by atoms with Gasteiger partial charge in [-0.15, -0.1) is 0 Å². The van der Waals surface area contributed by atoms with Gasteiger partial charge in [0.15, 0.2) is 0 Å². The Morgan fingerprint density at radius 1 is 1.04 bits per heavy atom.